The molecule has 1 saturated heterocycles. The fourth-order valence-electron chi connectivity index (χ4n) is 2.71. The molecule has 29 heavy (non-hydrogen) atoms. The summed E-state index contributed by atoms with van der Waals surface area (Å²) >= 11 is 0. The normalized spacial score (nSPS) is 13.4. The van der Waals surface area contributed by atoms with Crippen molar-refractivity contribution in [3.63, 3.8) is 0 Å². The smallest absolute Gasteiger partial charge is 0.387 e. The van der Waals surface area contributed by atoms with E-state index in [1.807, 2.05) is 0 Å². The standard InChI is InChI=1S/C19H17F2N3O5/c1-28-14-7-6-13(8-15(14)29-18(20)21)23-17(26)12-4-2-11(3-5-12)10-24-16(25)9-22-19(24)27/h2-8,18H,9-10H2,1H3,(H,22,27)(H,23,26). The molecule has 1 fully saturated rings. The lowest BCUT2D eigenvalue weighted by atomic mass is 10.1. The highest BCUT2D eigenvalue weighted by Gasteiger charge is 2.28. The highest BCUT2D eigenvalue weighted by molar-refractivity contribution is 6.04. The molecule has 1 aliphatic rings. The van der Waals surface area contributed by atoms with Crippen LogP contribution in [-0.2, 0) is 11.3 Å². The van der Waals surface area contributed by atoms with Crippen LogP contribution >= 0.6 is 0 Å². The number of rotatable bonds is 7. The van der Waals surface area contributed by atoms with Gasteiger partial charge in [-0.15, -0.1) is 0 Å². The van der Waals surface area contributed by atoms with Crippen molar-refractivity contribution < 1.29 is 32.6 Å². The van der Waals surface area contributed by atoms with Gasteiger partial charge in [-0.2, -0.15) is 8.78 Å². The number of amides is 4. The maximum atomic E-state index is 12.5. The molecule has 10 heteroatoms. The van der Waals surface area contributed by atoms with Gasteiger partial charge < -0.3 is 20.1 Å². The molecule has 2 aromatic rings. The van der Waals surface area contributed by atoms with Gasteiger partial charge in [0.15, 0.2) is 11.5 Å². The Bertz CT molecular complexity index is 918. The van der Waals surface area contributed by atoms with E-state index in [0.29, 0.717) is 11.1 Å². The van der Waals surface area contributed by atoms with Gasteiger partial charge in [-0.05, 0) is 29.8 Å². The largest absolute Gasteiger partial charge is 0.493 e. The lowest BCUT2D eigenvalue weighted by Crippen LogP contribution is -2.30. The number of anilines is 1. The van der Waals surface area contributed by atoms with Crippen LogP contribution in [0.5, 0.6) is 11.5 Å². The molecule has 152 valence electrons. The molecule has 3 rings (SSSR count). The number of imide groups is 1. The van der Waals surface area contributed by atoms with Crippen LogP contribution in [-0.4, -0.2) is 43.0 Å². The van der Waals surface area contributed by atoms with Crippen LogP contribution in [0.2, 0.25) is 0 Å². The van der Waals surface area contributed by atoms with E-state index in [0.717, 1.165) is 4.90 Å². The third-order valence-corrected chi connectivity index (χ3v) is 4.13. The summed E-state index contributed by atoms with van der Waals surface area (Å²) in [6, 6.07) is 9.95. The average Bonchev–Trinajstić information content (AvgIpc) is 3.00. The van der Waals surface area contributed by atoms with Crippen molar-refractivity contribution in [2.24, 2.45) is 0 Å². The van der Waals surface area contributed by atoms with E-state index in [4.69, 9.17) is 4.74 Å². The van der Waals surface area contributed by atoms with Crippen LogP contribution in [0.4, 0.5) is 19.3 Å². The van der Waals surface area contributed by atoms with E-state index < -0.39 is 18.5 Å². The summed E-state index contributed by atoms with van der Waals surface area (Å²) in [5, 5.41) is 5.01. The first-order valence-corrected chi connectivity index (χ1v) is 8.48. The molecule has 1 aliphatic heterocycles. The number of urea groups is 1. The predicted octanol–water partition coefficient (Wildman–Crippen LogP) is 2.60. The Hall–Kier alpha value is -3.69. The third kappa shape index (κ3) is 4.78. The number of hydrogen-bond acceptors (Lipinski definition) is 5. The zero-order valence-electron chi connectivity index (χ0n) is 15.3. The number of ether oxygens (including phenoxy) is 2. The van der Waals surface area contributed by atoms with Crippen molar-refractivity contribution in [2.45, 2.75) is 13.2 Å². The second-order valence-corrected chi connectivity index (χ2v) is 6.03. The van der Waals surface area contributed by atoms with Crippen molar-refractivity contribution in [2.75, 3.05) is 19.0 Å². The minimum absolute atomic E-state index is 0.0293. The van der Waals surface area contributed by atoms with Crippen molar-refractivity contribution in [1.82, 2.24) is 10.2 Å². The Kier molecular flexibility index (Phi) is 5.91. The number of carbonyl (C=O) groups is 3. The van der Waals surface area contributed by atoms with Crippen molar-refractivity contribution in [3.8, 4) is 11.5 Å². The monoisotopic (exact) mass is 405 g/mol. The van der Waals surface area contributed by atoms with Crippen LogP contribution in [0.3, 0.4) is 0 Å². The predicted molar refractivity (Wildman–Crippen MR) is 98.0 cm³/mol. The first-order valence-electron chi connectivity index (χ1n) is 8.48. The Morgan fingerprint density at radius 3 is 2.48 bits per heavy atom. The van der Waals surface area contributed by atoms with Gasteiger partial charge in [0.25, 0.3) is 5.91 Å². The van der Waals surface area contributed by atoms with Gasteiger partial charge in [-0.1, -0.05) is 12.1 Å². The van der Waals surface area contributed by atoms with E-state index in [9.17, 15) is 23.2 Å². The average molecular weight is 405 g/mol. The highest BCUT2D eigenvalue weighted by Crippen LogP contribution is 2.31. The molecule has 0 aromatic heterocycles. The van der Waals surface area contributed by atoms with Gasteiger partial charge in [0.2, 0.25) is 5.91 Å². The fourth-order valence-corrected chi connectivity index (χ4v) is 2.71. The first kappa shape index (κ1) is 20.1. The molecular weight excluding hydrogens is 388 g/mol. The van der Waals surface area contributed by atoms with Gasteiger partial charge in [0.1, 0.15) is 0 Å². The molecule has 2 aromatic carbocycles. The first-order chi connectivity index (χ1) is 13.9. The number of halogens is 2. The van der Waals surface area contributed by atoms with E-state index in [-0.39, 0.29) is 36.2 Å². The molecule has 0 bridgehead atoms. The molecule has 4 amide bonds. The van der Waals surface area contributed by atoms with Gasteiger partial charge in [-0.3, -0.25) is 14.5 Å². The Labute approximate surface area is 164 Å². The van der Waals surface area contributed by atoms with E-state index in [1.165, 1.54) is 37.4 Å². The topological polar surface area (TPSA) is 97.0 Å². The fraction of sp³-hybridized carbons (Fsp3) is 0.211. The number of methoxy groups -OCH3 is 1. The van der Waals surface area contributed by atoms with E-state index >= 15 is 0 Å². The maximum absolute atomic E-state index is 12.5. The SMILES string of the molecule is COc1ccc(NC(=O)c2ccc(CN3C(=O)CNC3=O)cc2)cc1OC(F)F. The third-order valence-electron chi connectivity index (χ3n) is 4.13. The Morgan fingerprint density at radius 1 is 1.17 bits per heavy atom. The molecular formula is C19H17F2N3O5. The lowest BCUT2D eigenvalue weighted by Gasteiger charge is -2.13. The molecule has 8 nitrogen and oxygen atoms in total. The summed E-state index contributed by atoms with van der Waals surface area (Å²) in [7, 11) is 1.31. The molecule has 2 N–H and O–H groups in total. The molecule has 0 radical (unpaired) electrons. The zero-order chi connectivity index (χ0) is 21.0. The van der Waals surface area contributed by atoms with Gasteiger partial charge in [0, 0.05) is 17.3 Å². The quantitative estimate of drug-likeness (QED) is 0.691. The molecule has 0 atom stereocenters. The number of benzene rings is 2. The molecule has 0 saturated carbocycles. The highest BCUT2D eigenvalue weighted by atomic mass is 19.3. The second-order valence-electron chi connectivity index (χ2n) is 6.03. The zero-order valence-corrected chi connectivity index (χ0v) is 15.3. The van der Waals surface area contributed by atoms with Crippen molar-refractivity contribution in [3.05, 3.63) is 53.6 Å². The number of alkyl halides is 2. The Balaban J connectivity index is 1.68. The molecule has 1 heterocycles. The summed E-state index contributed by atoms with van der Waals surface area (Å²) in [4.78, 5) is 36.7. The maximum Gasteiger partial charge on any atom is 0.387 e. The summed E-state index contributed by atoms with van der Waals surface area (Å²) in [5.41, 5.74) is 1.22. The molecule has 0 aliphatic carbocycles. The number of nitrogens with one attached hydrogen (secondary N) is 2. The van der Waals surface area contributed by atoms with Gasteiger partial charge in [-0.25, -0.2) is 4.79 Å². The number of carbonyl (C=O) groups excluding carboxylic acids is 3. The lowest BCUT2D eigenvalue weighted by molar-refractivity contribution is -0.125. The summed E-state index contributed by atoms with van der Waals surface area (Å²) in [6.45, 7) is -2.97. The van der Waals surface area contributed by atoms with E-state index in [1.54, 1.807) is 12.1 Å². The number of hydrogen-bond donors (Lipinski definition) is 2. The summed E-state index contributed by atoms with van der Waals surface area (Å²) in [6.07, 6.45) is 0. The Morgan fingerprint density at radius 2 is 1.90 bits per heavy atom. The van der Waals surface area contributed by atoms with Crippen LogP contribution in [0.25, 0.3) is 0 Å². The summed E-state index contributed by atoms with van der Waals surface area (Å²) in [5.74, 6) is -0.893. The van der Waals surface area contributed by atoms with Crippen molar-refractivity contribution >= 4 is 23.5 Å². The van der Waals surface area contributed by atoms with Crippen LogP contribution in [0.15, 0.2) is 42.5 Å². The van der Waals surface area contributed by atoms with Crippen LogP contribution < -0.4 is 20.1 Å². The van der Waals surface area contributed by atoms with Crippen LogP contribution in [0, 0.1) is 0 Å². The molecule has 0 unspecified atom stereocenters. The minimum Gasteiger partial charge on any atom is -0.493 e. The van der Waals surface area contributed by atoms with Gasteiger partial charge in [0.05, 0.1) is 20.2 Å². The van der Waals surface area contributed by atoms with Crippen LogP contribution in [0.1, 0.15) is 15.9 Å². The second kappa shape index (κ2) is 8.55. The van der Waals surface area contributed by atoms with E-state index in [2.05, 4.69) is 15.4 Å². The number of nitrogens with zero attached hydrogens (tertiary/aromatic N) is 1. The van der Waals surface area contributed by atoms with Gasteiger partial charge >= 0.3 is 12.6 Å². The van der Waals surface area contributed by atoms with Crippen molar-refractivity contribution in [1.29, 1.82) is 0 Å². The molecule has 0 spiro atoms. The summed E-state index contributed by atoms with van der Waals surface area (Å²) < 4.78 is 34.4. The minimum atomic E-state index is -3.04.